The van der Waals surface area contributed by atoms with E-state index in [4.69, 9.17) is 0 Å². The number of imide groups is 1. The van der Waals surface area contributed by atoms with Gasteiger partial charge >= 0.3 is 0 Å². The number of hydrogen-bond acceptors (Lipinski definition) is 5. The van der Waals surface area contributed by atoms with E-state index in [2.05, 4.69) is 28.2 Å². The zero-order chi connectivity index (χ0) is 27.2. The number of H-pyrrole nitrogens is 1. The van der Waals surface area contributed by atoms with Crippen LogP contribution in [0.4, 0.5) is 0 Å². The Labute approximate surface area is 228 Å². The van der Waals surface area contributed by atoms with E-state index in [-0.39, 0.29) is 36.1 Å². The van der Waals surface area contributed by atoms with Crippen LogP contribution in [-0.4, -0.2) is 57.9 Å². The lowest BCUT2D eigenvalue weighted by Gasteiger charge is -2.22. The van der Waals surface area contributed by atoms with E-state index in [1.807, 2.05) is 44.3 Å². The van der Waals surface area contributed by atoms with Crippen LogP contribution in [0.1, 0.15) is 59.4 Å². The molecule has 2 atom stereocenters. The molecular weight excluding hydrogens is 500 g/mol. The van der Waals surface area contributed by atoms with Crippen LogP contribution in [0.3, 0.4) is 0 Å². The highest BCUT2D eigenvalue weighted by atomic mass is 32.1. The molecule has 0 radical (unpaired) electrons. The molecule has 38 heavy (non-hydrogen) atoms. The minimum Gasteiger partial charge on any atom is -0.361 e. The fourth-order valence-electron chi connectivity index (χ4n) is 4.77. The van der Waals surface area contributed by atoms with Crippen molar-refractivity contribution in [3.8, 4) is 0 Å². The number of fused-ring (bicyclic) bond motifs is 2. The Morgan fingerprint density at radius 1 is 0.974 bits per heavy atom. The molecule has 3 aromatic rings. The van der Waals surface area contributed by atoms with Crippen molar-refractivity contribution >= 4 is 47.2 Å². The minimum atomic E-state index is -0.670. The number of nitrogens with one attached hydrogen (secondary N) is 3. The van der Waals surface area contributed by atoms with E-state index in [1.54, 1.807) is 24.3 Å². The van der Waals surface area contributed by atoms with Crippen LogP contribution in [0.25, 0.3) is 10.9 Å². The van der Waals surface area contributed by atoms with E-state index < -0.39 is 11.3 Å². The lowest BCUT2D eigenvalue weighted by atomic mass is 10.0. The number of carbonyl (C=O) groups excluding carboxylic acids is 4. The van der Waals surface area contributed by atoms with Gasteiger partial charge in [0.05, 0.1) is 16.4 Å². The van der Waals surface area contributed by atoms with E-state index in [9.17, 15) is 19.2 Å². The van der Waals surface area contributed by atoms with E-state index >= 15 is 0 Å². The third-order valence-electron chi connectivity index (χ3n) is 6.75. The van der Waals surface area contributed by atoms with Crippen molar-refractivity contribution in [3.05, 3.63) is 71.4 Å². The average molecular weight is 535 g/mol. The van der Waals surface area contributed by atoms with Gasteiger partial charge in [-0.05, 0) is 55.4 Å². The van der Waals surface area contributed by atoms with Crippen LogP contribution in [0, 0.1) is 5.92 Å². The Hall–Kier alpha value is -3.59. The Balaban J connectivity index is 1.25. The van der Waals surface area contributed by atoms with Crippen LogP contribution >= 0.6 is 12.6 Å². The van der Waals surface area contributed by atoms with Gasteiger partial charge in [0.15, 0.2) is 0 Å². The fraction of sp³-hybridized carbons (Fsp3) is 0.379. The Morgan fingerprint density at radius 3 is 2.32 bits per heavy atom. The summed E-state index contributed by atoms with van der Waals surface area (Å²) in [6, 6.07) is 14.1. The summed E-state index contributed by atoms with van der Waals surface area (Å²) in [7, 11) is 0. The zero-order valence-electron chi connectivity index (χ0n) is 21.7. The normalized spacial score (nSPS) is 14.6. The molecule has 200 valence electrons. The fourth-order valence-corrected chi connectivity index (χ4v) is 5.03. The first-order valence-electron chi connectivity index (χ1n) is 13.0. The topological polar surface area (TPSA) is 111 Å². The number of thiol groups is 1. The molecule has 0 fully saturated rings. The second-order valence-electron chi connectivity index (χ2n) is 10.1. The number of benzene rings is 2. The van der Waals surface area contributed by atoms with Crippen LogP contribution in [0.15, 0.2) is 54.7 Å². The first-order valence-corrected chi connectivity index (χ1v) is 13.5. The van der Waals surface area contributed by atoms with Gasteiger partial charge in [-0.2, -0.15) is 12.6 Å². The first-order chi connectivity index (χ1) is 18.3. The highest BCUT2D eigenvalue weighted by Gasteiger charge is 2.34. The summed E-state index contributed by atoms with van der Waals surface area (Å²) in [6.07, 6.45) is 3.92. The number of rotatable bonds is 12. The summed E-state index contributed by atoms with van der Waals surface area (Å²) in [6.45, 7) is 4.66. The van der Waals surface area contributed by atoms with Crippen molar-refractivity contribution in [3.63, 3.8) is 0 Å². The van der Waals surface area contributed by atoms with Crippen molar-refractivity contribution in [2.24, 2.45) is 5.92 Å². The standard InChI is InChI=1S/C29H34N4O4S/c1-18(2)16-24(26(34)30-14-13-19-17-31-23-11-6-5-8-20(19)23)32-27(35)25(38)12-7-15-33-28(36)21-9-3-4-10-22(21)29(33)37/h3-6,8-11,17-18,24-25,31,38H,7,12-16H2,1-2H3,(H,30,34)(H,32,35)/t24-,25?/m0/s1. The molecule has 3 N–H and O–H groups in total. The zero-order valence-corrected chi connectivity index (χ0v) is 22.6. The Kier molecular flexibility index (Phi) is 8.89. The van der Waals surface area contributed by atoms with Gasteiger partial charge in [-0.25, -0.2) is 0 Å². The van der Waals surface area contributed by atoms with Crippen LogP contribution in [0.5, 0.6) is 0 Å². The maximum Gasteiger partial charge on any atom is 0.261 e. The molecule has 0 saturated carbocycles. The van der Waals surface area contributed by atoms with Gasteiger partial charge in [-0.3, -0.25) is 24.1 Å². The quantitative estimate of drug-likeness (QED) is 0.210. The highest BCUT2D eigenvalue weighted by Crippen LogP contribution is 2.23. The van der Waals surface area contributed by atoms with E-state index in [1.165, 1.54) is 4.90 Å². The van der Waals surface area contributed by atoms with Crippen molar-refractivity contribution in [1.82, 2.24) is 20.5 Å². The largest absolute Gasteiger partial charge is 0.361 e. The third kappa shape index (κ3) is 6.27. The highest BCUT2D eigenvalue weighted by molar-refractivity contribution is 7.81. The first kappa shape index (κ1) is 27.4. The molecule has 0 aliphatic carbocycles. The smallest absolute Gasteiger partial charge is 0.261 e. The predicted molar refractivity (Wildman–Crippen MR) is 150 cm³/mol. The van der Waals surface area contributed by atoms with Gasteiger partial charge in [-0.15, -0.1) is 0 Å². The molecule has 1 aromatic heterocycles. The van der Waals surface area contributed by atoms with Crippen molar-refractivity contribution < 1.29 is 19.2 Å². The maximum absolute atomic E-state index is 13.0. The van der Waals surface area contributed by atoms with Gasteiger partial charge < -0.3 is 15.6 Å². The summed E-state index contributed by atoms with van der Waals surface area (Å²) < 4.78 is 0. The molecule has 9 heteroatoms. The van der Waals surface area contributed by atoms with Crippen LogP contribution in [-0.2, 0) is 16.0 Å². The summed E-state index contributed by atoms with van der Waals surface area (Å²) >= 11 is 4.44. The van der Waals surface area contributed by atoms with Crippen molar-refractivity contribution in [2.45, 2.75) is 50.8 Å². The molecule has 4 amide bonds. The second-order valence-corrected chi connectivity index (χ2v) is 10.7. The van der Waals surface area contributed by atoms with Crippen LogP contribution in [0.2, 0.25) is 0 Å². The van der Waals surface area contributed by atoms with Gasteiger partial charge in [0.2, 0.25) is 11.8 Å². The van der Waals surface area contributed by atoms with Gasteiger partial charge in [0.25, 0.3) is 11.8 Å². The molecule has 1 unspecified atom stereocenters. The summed E-state index contributed by atoms with van der Waals surface area (Å²) in [5, 5.41) is 6.27. The lowest BCUT2D eigenvalue weighted by molar-refractivity contribution is -0.129. The molecule has 2 heterocycles. The molecule has 1 aliphatic heterocycles. The number of amides is 4. The molecular formula is C29H34N4O4S. The van der Waals surface area contributed by atoms with Crippen molar-refractivity contribution in [2.75, 3.05) is 13.1 Å². The Bertz CT molecular complexity index is 1300. The Morgan fingerprint density at radius 2 is 1.63 bits per heavy atom. The lowest BCUT2D eigenvalue weighted by Crippen LogP contribution is -2.49. The predicted octanol–water partition coefficient (Wildman–Crippen LogP) is 3.73. The number of nitrogens with zero attached hydrogens (tertiary/aromatic N) is 1. The third-order valence-corrected chi connectivity index (χ3v) is 7.24. The molecule has 0 spiro atoms. The number of aromatic nitrogens is 1. The molecule has 4 rings (SSSR count). The van der Waals surface area contributed by atoms with Crippen molar-refractivity contribution in [1.29, 1.82) is 0 Å². The van der Waals surface area contributed by atoms with Gasteiger partial charge in [0.1, 0.15) is 6.04 Å². The van der Waals surface area contributed by atoms with E-state index in [0.717, 1.165) is 16.5 Å². The maximum atomic E-state index is 13.0. The van der Waals surface area contributed by atoms with Gasteiger partial charge in [0, 0.05) is 30.2 Å². The summed E-state index contributed by atoms with van der Waals surface area (Å²) in [5.74, 6) is -0.988. The molecule has 0 saturated heterocycles. The summed E-state index contributed by atoms with van der Waals surface area (Å²) in [4.78, 5) is 55.3. The number of carbonyl (C=O) groups is 4. The molecule has 1 aliphatic rings. The SMILES string of the molecule is CC(C)C[C@H](NC(=O)C(S)CCCN1C(=O)c2ccccc2C1=O)C(=O)NCCc1c[nH]c2ccccc12. The molecule has 0 bridgehead atoms. The molecule has 2 aromatic carbocycles. The monoisotopic (exact) mass is 534 g/mol. The minimum absolute atomic E-state index is 0.201. The van der Waals surface area contributed by atoms with Gasteiger partial charge in [-0.1, -0.05) is 44.2 Å². The molecule has 8 nitrogen and oxygen atoms in total. The summed E-state index contributed by atoms with van der Waals surface area (Å²) in [5.41, 5.74) is 3.00. The number of hydrogen-bond donors (Lipinski definition) is 4. The van der Waals surface area contributed by atoms with E-state index in [0.29, 0.717) is 43.4 Å². The number of aromatic amines is 1. The number of para-hydroxylation sites is 1. The second kappa shape index (κ2) is 12.3. The van der Waals surface area contributed by atoms with Crippen LogP contribution < -0.4 is 10.6 Å². The average Bonchev–Trinajstić information content (AvgIpc) is 3.42.